The largest absolute Gasteiger partial charge is 0.379 e. The first-order chi connectivity index (χ1) is 8.97. The first kappa shape index (κ1) is 14.0. The molecule has 106 valence electrons. The second-order valence-corrected chi connectivity index (χ2v) is 6.03. The van der Waals surface area contributed by atoms with Gasteiger partial charge in [0.25, 0.3) is 5.91 Å². The van der Waals surface area contributed by atoms with Crippen molar-refractivity contribution in [3.8, 4) is 0 Å². The Balaban J connectivity index is 1.71. The zero-order chi connectivity index (χ0) is 13.9. The number of nitrogens with one attached hydrogen (secondary N) is 2. The molecule has 2 N–H and O–H groups in total. The van der Waals surface area contributed by atoms with Gasteiger partial charge in [-0.2, -0.15) is 0 Å². The predicted molar refractivity (Wildman–Crippen MR) is 71.0 cm³/mol. The first-order valence-corrected chi connectivity index (χ1v) is 6.75. The van der Waals surface area contributed by atoms with E-state index in [9.17, 15) is 4.79 Å². The second-order valence-electron chi connectivity index (χ2n) is 6.03. The molecule has 0 spiro atoms. The first-order valence-electron chi connectivity index (χ1n) is 6.75. The number of nitrogens with zero attached hydrogens (tertiary/aromatic N) is 2. The van der Waals surface area contributed by atoms with E-state index in [1.807, 2.05) is 20.8 Å². The molecular weight excluding hydrogens is 244 g/mol. The van der Waals surface area contributed by atoms with Crippen LogP contribution in [-0.2, 0) is 10.2 Å². The summed E-state index contributed by atoms with van der Waals surface area (Å²) in [6.45, 7) is 7.89. The molecule has 2 rings (SSSR count). The van der Waals surface area contributed by atoms with Crippen LogP contribution in [0.3, 0.4) is 0 Å². The van der Waals surface area contributed by atoms with Crippen LogP contribution >= 0.6 is 0 Å². The summed E-state index contributed by atoms with van der Waals surface area (Å²) in [6.07, 6.45) is 2.55. The molecule has 6 heteroatoms. The third-order valence-electron chi connectivity index (χ3n) is 2.98. The molecule has 1 amide bonds. The van der Waals surface area contributed by atoms with Crippen LogP contribution in [0.2, 0.25) is 0 Å². The summed E-state index contributed by atoms with van der Waals surface area (Å²) in [4.78, 5) is 16.0. The molecule has 1 fully saturated rings. The lowest BCUT2D eigenvalue weighted by atomic mass is 9.96. The monoisotopic (exact) mass is 266 g/mol. The molecule has 0 unspecified atom stereocenters. The van der Waals surface area contributed by atoms with Crippen LogP contribution in [0.25, 0.3) is 0 Å². The third kappa shape index (κ3) is 4.31. The SMILES string of the molecule is CC(C)(C)c1nc(C(=O)NCCOCC2CC2)n[nH]1. The number of carbonyl (C=O) groups is 1. The third-order valence-corrected chi connectivity index (χ3v) is 2.98. The normalized spacial score (nSPS) is 15.5. The Kier molecular flexibility index (Phi) is 4.19. The van der Waals surface area contributed by atoms with Crippen molar-refractivity contribution < 1.29 is 9.53 Å². The molecule has 0 aliphatic heterocycles. The van der Waals surface area contributed by atoms with Crippen molar-refractivity contribution in [2.75, 3.05) is 19.8 Å². The van der Waals surface area contributed by atoms with E-state index < -0.39 is 0 Å². The molecule has 0 aromatic carbocycles. The number of hydrogen-bond acceptors (Lipinski definition) is 4. The van der Waals surface area contributed by atoms with Crippen LogP contribution in [0.5, 0.6) is 0 Å². The molecule has 1 aliphatic carbocycles. The molecule has 0 bridgehead atoms. The zero-order valence-corrected chi connectivity index (χ0v) is 11.8. The van der Waals surface area contributed by atoms with Gasteiger partial charge in [0.05, 0.1) is 6.61 Å². The summed E-state index contributed by atoms with van der Waals surface area (Å²) >= 11 is 0. The van der Waals surface area contributed by atoms with E-state index in [1.54, 1.807) is 0 Å². The molecule has 1 aliphatic rings. The topological polar surface area (TPSA) is 79.9 Å². The van der Waals surface area contributed by atoms with Crippen LogP contribution in [0.1, 0.15) is 50.1 Å². The molecule has 1 aromatic rings. The average molecular weight is 266 g/mol. The van der Waals surface area contributed by atoms with E-state index in [2.05, 4.69) is 20.5 Å². The summed E-state index contributed by atoms with van der Waals surface area (Å²) in [7, 11) is 0. The molecule has 1 saturated carbocycles. The average Bonchev–Trinajstić information content (AvgIpc) is 3.00. The van der Waals surface area contributed by atoms with Crippen molar-refractivity contribution in [1.82, 2.24) is 20.5 Å². The van der Waals surface area contributed by atoms with Crippen molar-refractivity contribution in [2.24, 2.45) is 5.92 Å². The maximum atomic E-state index is 11.8. The van der Waals surface area contributed by atoms with Crippen LogP contribution in [-0.4, -0.2) is 40.8 Å². The number of H-pyrrole nitrogens is 1. The quantitative estimate of drug-likeness (QED) is 0.760. The van der Waals surface area contributed by atoms with Gasteiger partial charge < -0.3 is 10.1 Å². The molecule has 0 saturated heterocycles. The number of carbonyl (C=O) groups excluding carboxylic acids is 1. The van der Waals surface area contributed by atoms with Gasteiger partial charge in [0.1, 0.15) is 5.82 Å². The molecular formula is C13H22N4O2. The summed E-state index contributed by atoms with van der Waals surface area (Å²) in [5, 5.41) is 9.48. The Morgan fingerprint density at radius 3 is 2.79 bits per heavy atom. The van der Waals surface area contributed by atoms with E-state index in [4.69, 9.17) is 4.74 Å². The van der Waals surface area contributed by atoms with E-state index in [0.717, 1.165) is 12.5 Å². The number of ether oxygens (including phenoxy) is 1. The van der Waals surface area contributed by atoms with Crippen LogP contribution in [0.15, 0.2) is 0 Å². The van der Waals surface area contributed by atoms with E-state index in [0.29, 0.717) is 19.0 Å². The van der Waals surface area contributed by atoms with Gasteiger partial charge >= 0.3 is 0 Å². The van der Waals surface area contributed by atoms with Gasteiger partial charge in [0.2, 0.25) is 5.82 Å². The second kappa shape index (κ2) is 5.69. The number of aromatic nitrogens is 3. The lowest BCUT2D eigenvalue weighted by Crippen LogP contribution is -2.28. The van der Waals surface area contributed by atoms with Crippen LogP contribution in [0, 0.1) is 5.92 Å². The highest BCUT2D eigenvalue weighted by Crippen LogP contribution is 2.28. The van der Waals surface area contributed by atoms with Gasteiger partial charge in [-0.3, -0.25) is 9.89 Å². The molecule has 0 atom stereocenters. The molecule has 1 aromatic heterocycles. The van der Waals surface area contributed by atoms with Gasteiger partial charge in [0, 0.05) is 18.6 Å². The highest BCUT2D eigenvalue weighted by atomic mass is 16.5. The predicted octanol–water partition coefficient (Wildman–Crippen LogP) is 1.26. The summed E-state index contributed by atoms with van der Waals surface area (Å²) in [5.74, 6) is 1.38. The van der Waals surface area contributed by atoms with Crippen molar-refractivity contribution in [3.05, 3.63) is 11.6 Å². The van der Waals surface area contributed by atoms with Crippen LogP contribution in [0.4, 0.5) is 0 Å². The Morgan fingerprint density at radius 1 is 1.47 bits per heavy atom. The maximum Gasteiger partial charge on any atom is 0.291 e. The minimum atomic E-state index is -0.262. The number of rotatable bonds is 6. The van der Waals surface area contributed by atoms with Gasteiger partial charge in [-0.25, -0.2) is 4.98 Å². The van der Waals surface area contributed by atoms with Crippen molar-refractivity contribution in [3.63, 3.8) is 0 Å². The van der Waals surface area contributed by atoms with Crippen molar-refractivity contribution in [1.29, 1.82) is 0 Å². The molecule has 1 heterocycles. The standard InChI is InChI=1S/C13H22N4O2/c1-13(2,3)12-15-10(16-17-12)11(18)14-6-7-19-8-9-4-5-9/h9H,4-8H2,1-3H3,(H,14,18)(H,15,16,17). The summed E-state index contributed by atoms with van der Waals surface area (Å²) in [6, 6.07) is 0. The fourth-order valence-electron chi connectivity index (χ4n) is 1.55. The highest BCUT2D eigenvalue weighted by Gasteiger charge is 2.22. The van der Waals surface area contributed by atoms with Gasteiger partial charge in [-0.05, 0) is 18.8 Å². The smallest absolute Gasteiger partial charge is 0.291 e. The Hall–Kier alpha value is -1.43. The number of hydrogen-bond donors (Lipinski definition) is 2. The Labute approximate surface area is 113 Å². The lowest BCUT2D eigenvalue weighted by molar-refractivity contribution is 0.0897. The summed E-state index contributed by atoms with van der Waals surface area (Å²) < 4.78 is 5.44. The molecule has 0 radical (unpaired) electrons. The van der Waals surface area contributed by atoms with Gasteiger partial charge in [-0.15, -0.1) is 5.10 Å². The van der Waals surface area contributed by atoms with E-state index >= 15 is 0 Å². The lowest BCUT2D eigenvalue weighted by Gasteiger charge is -2.12. The Morgan fingerprint density at radius 2 is 2.21 bits per heavy atom. The van der Waals surface area contributed by atoms with E-state index in [-0.39, 0.29) is 17.1 Å². The maximum absolute atomic E-state index is 11.8. The Bertz CT molecular complexity index is 432. The minimum absolute atomic E-state index is 0.140. The number of aromatic amines is 1. The molecule has 19 heavy (non-hydrogen) atoms. The number of amides is 1. The summed E-state index contributed by atoms with van der Waals surface area (Å²) in [5.41, 5.74) is -0.140. The van der Waals surface area contributed by atoms with Crippen molar-refractivity contribution >= 4 is 5.91 Å². The van der Waals surface area contributed by atoms with Crippen molar-refractivity contribution in [2.45, 2.75) is 39.0 Å². The fourth-order valence-corrected chi connectivity index (χ4v) is 1.55. The van der Waals surface area contributed by atoms with Gasteiger partial charge in [-0.1, -0.05) is 20.8 Å². The zero-order valence-electron chi connectivity index (χ0n) is 11.8. The van der Waals surface area contributed by atoms with E-state index in [1.165, 1.54) is 12.8 Å². The fraction of sp³-hybridized carbons (Fsp3) is 0.769. The molecule has 6 nitrogen and oxygen atoms in total. The van der Waals surface area contributed by atoms with Crippen LogP contribution < -0.4 is 5.32 Å². The minimum Gasteiger partial charge on any atom is -0.379 e. The van der Waals surface area contributed by atoms with Gasteiger partial charge in [0.15, 0.2) is 0 Å². The highest BCUT2D eigenvalue weighted by molar-refractivity contribution is 5.90.